The molecule has 2 atom stereocenters. The summed E-state index contributed by atoms with van der Waals surface area (Å²) in [6, 6.07) is 16.8. The SMILES string of the molecule is Cc1cc(S(=O)(=O)NCCOCCOCCNC(=O)NCCCCNC(=O)NCCOCCOCCNS(=O)(=O)c2ccc(O[C@@H]3CCc4c(C)cc(Cl)cc43)c(C)c2)ccc1O[C@@H]1CCc2c(C)cc(Cl)cc21. The van der Waals surface area contributed by atoms with Gasteiger partial charge in [-0.25, -0.2) is 35.9 Å². The van der Waals surface area contributed by atoms with E-state index >= 15 is 0 Å². The number of carbonyl (C=O) groups is 2. The predicted molar refractivity (Wildman–Crippen MR) is 284 cm³/mol. The quantitative estimate of drug-likeness (QED) is 0.0278. The Morgan fingerprint density at radius 1 is 0.486 bits per heavy atom. The van der Waals surface area contributed by atoms with E-state index in [2.05, 4.69) is 30.7 Å². The number of fused-ring (bicyclic) bond motifs is 2. The highest BCUT2D eigenvalue weighted by molar-refractivity contribution is 7.89. The maximum Gasteiger partial charge on any atom is 0.314 e. The molecule has 0 aliphatic heterocycles. The van der Waals surface area contributed by atoms with Gasteiger partial charge in [0.15, 0.2) is 0 Å². The Bertz CT molecular complexity index is 2570. The van der Waals surface area contributed by atoms with Gasteiger partial charge in [-0.3, -0.25) is 0 Å². The summed E-state index contributed by atoms with van der Waals surface area (Å²) in [5.41, 5.74) is 8.39. The Morgan fingerprint density at radius 3 is 1.23 bits per heavy atom. The molecule has 0 saturated heterocycles. The molecule has 0 aromatic heterocycles. The van der Waals surface area contributed by atoms with Crippen molar-refractivity contribution in [2.75, 3.05) is 92.1 Å². The van der Waals surface area contributed by atoms with E-state index in [4.69, 9.17) is 51.6 Å². The van der Waals surface area contributed by atoms with Gasteiger partial charge in [0, 0.05) is 49.3 Å². The Hall–Kier alpha value is -4.74. The molecule has 2 aliphatic rings. The van der Waals surface area contributed by atoms with Gasteiger partial charge in [-0.2, -0.15) is 0 Å². The highest BCUT2D eigenvalue weighted by Gasteiger charge is 2.28. The lowest BCUT2D eigenvalue weighted by atomic mass is 10.0. The van der Waals surface area contributed by atoms with E-state index in [9.17, 15) is 26.4 Å². The lowest BCUT2D eigenvalue weighted by Crippen LogP contribution is -2.39. The third-order valence-electron chi connectivity index (χ3n) is 12.5. The van der Waals surface area contributed by atoms with Gasteiger partial charge in [0.05, 0.1) is 62.6 Å². The summed E-state index contributed by atoms with van der Waals surface area (Å²) < 4.78 is 91.4. The van der Waals surface area contributed by atoms with Gasteiger partial charge < -0.3 is 49.7 Å². The van der Waals surface area contributed by atoms with Crippen LogP contribution in [0, 0.1) is 27.7 Å². The fourth-order valence-electron chi connectivity index (χ4n) is 8.67. The fraction of sp³-hybridized carbons (Fsp3) is 0.500. The molecule has 4 aromatic rings. The Labute approximate surface area is 445 Å². The molecule has 6 rings (SSSR count). The molecule has 18 nitrogen and oxygen atoms in total. The van der Waals surface area contributed by atoms with E-state index < -0.39 is 20.0 Å². The second-order valence-electron chi connectivity index (χ2n) is 18.0. The average Bonchev–Trinajstić information content (AvgIpc) is 3.96. The molecule has 0 unspecified atom stereocenters. The smallest absolute Gasteiger partial charge is 0.314 e. The first kappa shape index (κ1) is 58.5. The molecule has 2 aliphatic carbocycles. The van der Waals surface area contributed by atoms with E-state index in [1.165, 1.54) is 23.3 Å². The van der Waals surface area contributed by atoms with E-state index in [0.717, 1.165) is 47.9 Å². The normalized spacial score (nSPS) is 15.1. The number of aryl methyl sites for hydroxylation is 4. The molecule has 6 N–H and O–H groups in total. The second kappa shape index (κ2) is 29.0. The molecule has 4 aromatic carbocycles. The number of rotatable bonds is 31. The molecule has 0 bridgehead atoms. The number of sulfonamides is 2. The third-order valence-corrected chi connectivity index (χ3v) is 15.8. The van der Waals surface area contributed by atoms with Gasteiger partial charge in [-0.15, -0.1) is 0 Å². The van der Waals surface area contributed by atoms with Gasteiger partial charge in [0.25, 0.3) is 0 Å². The van der Waals surface area contributed by atoms with Crippen molar-refractivity contribution in [1.29, 1.82) is 0 Å². The lowest BCUT2D eigenvalue weighted by molar-refractivity contribution is 0.0516. The van der Waals surface area contributed by atoms with Gasteiger partial charge in [-0.05, 0) is 171 Å². The first-order valence-electron chi connectivity index (χ1n) is 25.0. The summed E-state index contributed by atoms with van der Waals surface area (Å²) in [5.74, 6) is 1.25. The van der Waals surface area contributed by atoms with Gasteiger partial charge in [0.1, 0.15) is 23.7 Å². The number of amides is 4. The number of nitrogens with one attached hydrogen (secondary N) is 6. The van der Waals surface area contributed by atoms with Gasteiger partial charge in [0.2, 0.25) is 20.0 Å². The Balaban J connectivity index is 0.686. The zero-order valence-electron chi connectivity index (χ0n) is 42.5. The Kier molecular flexibility index (Phi) is 22.9. The summed E-state index contributed by atoms with van der Waals surface area (Å²) in [7, 11) is -7.52. The van der Waals surface area contributed by atoms with Crippen molar-refractivity contribution in [3.05, 3.63) is 115 Å². The molecule has 406 valence electrons. The van der Waals surface area contributed by atoms with Gasteiger partial charge >= 0.3 is 12.1 Å². The van der Waals surface area contributed by atoms with Crippen molar-refractivity contribution in [3.8, 4) is 11.5 Å². The number of unbranched alkanes of at least 4 members (excludes halogenated alkanes) is 1. The van der Waals surface area contributed by atoms with Crippen LogP contribution in [0.15, 0.2) is 70.5 Å². The van der Waals surface area contributed by atoms with Crippen LogP contribution in [0.5, 0.6) is 11.5 Å². The molecule has 0 spiro atoms. The van der Waals surface area contributed by atoms with Crippen molar-refractivity contribution in [3.63, 3.8) is 0 Å². The summed E-state index contributed by atoms with van der Waals surface area (Å²) in [6.07, 6.45) is 4.51. The van der Waals surface area contributed by atoms with Crippen LogP contribution < -0.4 is 40.2 Å². The Morgan fingerprint density at radius 2 is 0.851 bits per heavy atom. The molecule has 0 fully saturated rings. The second-order valence-corrected chi connectivity index (χ2v) is 22.5. The highest BCUT2D eigenvalue weighted by Crippen LogP contribution is 2.41. The lowest BCUT2D eigenvalue weighted by Gasteiger charge is -2.18. The van der Waals surface area contributed by atoms with Crippen molar-refractivity contribution < 1.29 is 54.8 Å². The fourth-order valence-corrected chi connectivity index (χ4v) is 11.4. The highest BCUT2D eigenvalue weighted by atomic mass is 35.5. The summed E-state index contributed by atoms with van der Waals surface area (Å²) in [5, 5.41) is 12.3. The molecule has 4 amide bonds. The molecule has 0 radical (unpaired) electrons. The van der Waals surface area contributed by atoms with Crippen LogP contribution in [0.2, 0.25) is 10.0 Å². The number of ether oxygens (including phenoxy) is 6. The molecular formula is C52H70Cl2N6O12S2. The van der Waals surface area contributed by atoms with Crippen LogP contribution in [-0.2, 0) is 51.8 Å². The first-order valence-corrected chi connectivity index (χ1v) is 28.7. The monoisotopic (exact) mass is 1100 g/mol. The number of benzene rings is 4. The minimum absolute atomic E-state index is 0.0852. The van der Waals surface area contributed by atoms with Crippen molar-refractivity contribution >= 4 is 55.3 Å². The van der Waals surface area contributed by atoms with Crippen molar-refractivity contribution in [2.45, 2.75) is 88.2 Å². The first-order chi connectivity index (χ1) is 35.5. The van der Waals surface area contributed by atoms with Crippen LogP contribution in [0.4, 0.5) is 9.59 Å². The summed E-state index contributed by atoms with van der Waals surface area (Å²) >= 11 is 12.6. The molecular weight excluding hydrogens is 1040 g/mol. The topological polar surface area (TPSA) is 230 Å². The zero-order chi connectivity index (χ0) is 53.1. The van der Waals surface area contributed by atoms with Crippen LogP contribution in [-0.4, -0.2) is 121 Å². The van der Waals surface area contributed by atoms with E-state index in [-0.39, 0.29) is 100 Å². The number of halogens is 2. The predicted octanol–water partition coefficient (Wildman–Crippen LogP) is 7.06. The number of urea groups is 2. The molecule has 22 heteroatoms. The van der Waals surface area contributed by atoms with E-state index in [0.29, 0.717) is 71.7 Å². The van der Waals surface area contributed by atoms with Gasteiger partial charge in [-0.1, -0.05) is 23.2 Å². The number of hydrogen-bond acceptors (Lipinski definition) is 12. The van der Waals surface area contributed by atoms with Crippen molar-refractivity contribution in [1.82, 2.24) is 30.7 Å². The summed E-state index contributed by atoms with van der Waals surface area (Å²) in [6.45, 7) is 11.3. The molecule has 0 heterocycles. The van der Waals surface area contributed by atoms with Crippen LogP contribution in [0.25, 0.3) is 0 Å². The van der Waals surface area contributed by atoms with E-state index in [1.54, 1.807) is 24.3 Å². The number of hydrogen-bond donors (Lipinski definition) is 6. The standard InChI is InChI=1S/C52H70Cl2N6O12S2/c1-35-29-39(53)33-45-43(35)9-13-49(45)71-47-11-7-41(31-37(47)3)73(63,64)59-19-23-69-27-25-67-21-17-57-51(61)55-15-5-6-16-56-52(62)58-18-22-68-26-28-70-24-20-60-74(65,66)42-8-12-48(38(4)32-42)72-50-14-10-44-36(2)30-40(54)34-46(44)50/h7-8,11-12,29-34,49-50,59-60H,5-6,9-10,13-28H2,1-4H3,(H2,55,57,61)(H2,56,58,62)/t49-,50-/m1/s1. The minimum atomic E-state index is -3.76. The molecule has 0 saturated carbocycles. The largest absolute Gasteiger partial charge is 0.485 e. The van der Waals surface area contributed by atoms with E-state index in [1.807, 2.05) is 52.0 Å². The maximum atomic E-state index is 12.9. The third kappa shape index (κ3) is 18.0. The van der Waals surface area contributed by atoms with Crippen LogP contribution >= 0.6 is 23.2 Å². The zero-order valence-corrected chi connectivity index (χ0v) is 45.7. The minimum Gasteiger partial charge on any atom is -0.485 e. The maximum absolute atomic E-state index is 12.9. The van der Waals surface area contributed by atoms with Crippen molar-refractivity contribution in [2.24, 2.45) is 0 Å². The number of carbonyl (C=O) groups excluding carboxylic acids is 2. The van der Waals surface area contributed by atoms with Crippen LogP contribution in [0.1, 0.15) is 82.4 Å². The average molecular weight is 1110 g/mol. The summed E-state index contributed by atoms with van der Waals surface area (Å²) in [4.78, 5) is 24.4. The van der Waals surface area contributed by atoms with Crippen LogP contribution in [0.3, 0.4) is 0 Å². The molecule has 74 heavy (non-hydrogen) atoms.